The van der Waals surface area contributed by atoms with E-state index in [1.807, 2.05) is 0 Å². The Labute approximate surface area is 168 Å². The van der Waals surface area contributed by atoms with E-state index in [0.29, 0.717) is 6.61 Å². The average Bonchev–Trinajstić information content (AvgIpc) is 3.14. The number of ether oxygens (including phenoxy) is 2. The Morgan fingerprint density at radius 2 is 1.43 bits per heavy atom. The van der Waals surface area contributed by atoms with E-state index >= 15 is 0 Å². The summed E-state index contributed by atoms with van der Waals surface area (Å²) < 4.78 is 15.6. The molecule has 1 aromatic heterocycles. The van der Waals surface area contributed by atoms with E-state index in [1.54, 1.807) is 6.07 Å². The van der Waals surface area contributed by atoms with Gasteiger partial charge in [-0.15, -0.1) is 0 Å². The highest BCUT2D eigenvalue weighted by atomic mass is 16.6. The molecular weight excluding hydrogens is 360 g/mol. The lowest BCUT2D eigenvalue weighted by Crippen LogP contribution is -2.08. The highest BCUT2D eigenvalue weighted by Gasteiger charge is 2.13. The van der Waals surface area contributed by atoms with Crippen LogP contribution in [-0.2, 0) is 9.53 Å². The molecule has 1 aromatic rings. The standard InChI is InChI=1S/C22H36O6/c1-2-3-4-5-6-7-8-9-10-11-12-13-17-26-21-15-14-19(28-21)22(25)27-18-16-20(23)24/h14-15H,2-13,16-18H2,1H3,(H,23,24). The monoisotopic (exact) mass is 396 g/mol. The first kappa shape index (κ1) is 24.1. The number of furan rings is 1. The third-order valence-electron chi connectivity index (χ3n) is 4.57. The third-order valence-corrected chi connectivity index (χ3v) is 4.57. The normalized spacial score (nSPS) is 10.8. The van der Waals surface area contributed by atoms with Crippen molar-refractivity contribution in [3.05, 3.63) is 17.9 Å². The van der Waals surface area contributed by atoms with Crippen molar-refractivity contribution >= 4 is 11.9 Å². The van der Waals surface area contributed by atoms with Gasteiger partial charge in [0, 0.05) is 6.07 Å². The van der Waals surface area contributed by atoms with Crippen molar-refractivity contribution in [1.29, 1.82) is 0 Å². The van der Waals surface area contributed by atoms with Gasteiger partial charge in [0.2, 0.25) is 5.76 Å². The number of aliphatic carboxylic acids is 1. The van der Waals surface area contributed by atoms with Gasteiger partial charge >= 0.3 is 11.9 Å². The molecular formula is C22H36O6. The van der Waals surface area contributed by atoms with E-state index in [0.717, 1.165) is 12.8 Å². The van der Waals surface area contributed by atoms with Crippen LogP contribution >= 0.6 is 0 Å². The topological polar surface area (TPSA) is 86.0 Å². The molecule has 0 aliphatic rings. The lowest BCUT2D eigenvalue weighted by atomic mass is 10.1. The molecule has 1 N–H and O–H groups in total. The summed E-state index contributed by atoms with van der Waals surface area (Å²) in [7, 11) is 0. The summed E-state index contributed by atoms with van der Waals surface area (Å²) in [6.07, 6.45) is 15.2. The molecule has 1 heterocycles. The smallest absolute Gasteiger partial charge is 0.374 e. The molecule has 0 unspecified atom stereocenters. The van der Waals surface area contributed by atoms with Crippen molar-refractivity contribution in [2.45, 2.75) is 90.4 Å². The van der Waals surface area contributed by atoms with Crippen molar-refractivity contribution in [2.24, 2.45) is 0 Å². The number of unbranched alkanes of at least 4 members (excludes halogenated alkanes) is 11. The first-order valence-corrected chi connectivity index (χ1v) is 10.7. The zero-order valence-electron chi connectivity index (χ0n) is 17.2. The second-order valence-electron chi connectivity index (χ2n) is 7.14. The molecule has 0 aliphatic heterocycles. The molecule has 0 amide bonds. The third kappa shape index (κ3) is 12.4. The highest BCUT2D eigenvalue weighted by molar-refractivity contribution is 5.86. The van der Waals surface area contributed by atoms with E-state index in [4.69, 9.17) is 19.0 Å². The molecule has 0 saturated heterocycles. The number of carboxylic acids is 1. The SMILES string of the molecule is CCCCCCCCCCCCCCOc1ccc(C(=O)OCCC(=O)O)o1. The van der Waals surface area contributed by atoms with Crippen molar-refractivity contribution in [1.82, 2.24) is 0 Å². The van der Waals surface area contributed by atoms with Crippen molar-refractivity contribution < 1.29 is 28.6 Å². The van der Waals surface area contributed by atoms with Crippen LogP contribution in [0, 0.1) is 0 Å². The Hall–Kier alpha value is -1.98. The summed E-state index contributed by atoms with van der Waals surface area (Å²) in [5, 5.41) is 8.52. The molecule has 0 atom stereocenters. The summed E-state index contributed by atoms with van der Waals surface area (Å²) in [6, 6.07) is 3.05. The maximum absolute atomic E-state index is 11.7. The van der Waals surface area contributed by atoms with Gasteiger partial charge in [0.15, 0.2) is 0 Å². The summed E-state index contributed by atoms with van der Waals surface area (Å²) in [5.41, 5.74) is 0. The van der Waals surface area contributed by atoms with Crippen LogP contribution in [-0.4, -0.2) is 30.3 Å². The molecule has 0 spiro atoms. The molecule has 6 nitrogen and oxygen atoms in total. The number of carbonyl (C=O) groups excluding carboxylic acids is 1. The Kier molecular flexibility index (Phi) is 13.8. The summed E-state index contributed by atoms with van der Waals surface area (Å²) in [6.45, 7) is 2.63. The molecule has 6 heteroatoms. The lowest BCUT2D eigenvalue weighted by Gasteiger charge is -2.04. The summed E-state index contributed by atoms with van der Waals surface area (Å²) in [4.78, 5) is 22.1. The lowest BCUT2D eigenvalue weighted by molar-refractivity contribution is -0.137. The fourth-order valence-corrected chi connectivity index (χ4v) is 2.93. The molecule has 0 aromatic carbocycles. The van der Waals surface area contributed by atoms with Gasteiger partial charge in [-0.3, -0.25) is 4.79 Å². The number of carboxylic acid groups (broad SMARTS) is 1. The molecule has 1 rings (SSSR count). The summed E-state index contributed by atoms with van der Waals surface area (Å²) in [5.74, 6) is -1.39. The van der Waals surface area contributed by atoms with E-state index in [-0.39, 0.29) is 24.7 Å². The Morgan fingerprint density at radius 3 is 2.00 bits per heavy atom. The van der Waals surface area contributed by atoms with Crippen LogP contribution in [0.15, 0.2) is 16.5 Å². The van der Waals surface area contributed by atoms with Gasteiger partial charge < -0.3 is 19.0 Å². The first-order valence-electron chi connectivity index (χ1n) is 10.7. The predicted octanol–water partition coefficient (Wildman–Crippen LogP) is 5.99. The van der Waals surface area contributed by atoms with E-state index < -0.39 is 11.9 Å². The number of carbonyl (C=O) groups is 2. The second-order valence-corrected chi connectivity index (χ2v) is 7.14. The first-order chi connectivity index (χ1) is 13.6. The number of esters is 1. The van der Waals surface area contributed by atoms with E-state index in [1.165, 1.54) is 70.3 Å². The van der Waals surface area contributed by atoms with Gasteiger partial charge in [-0.25, -0.2) is 4.79 Å². The van der Waals surface area contributed by atoms with Crippen molar-refractivity contribution in [3.8, 4) is 5.95 Å². The predicted molar refractivity (Wildman–Crippen MR) is 108 cm³/mol. The van der Waals surface area contributed by atoms with Crippen LogP contribution in [0.4, 0.5) is 0 Å². The minimum absolute atomic E-state index is 0.0232. The molecule has 0 saturated carbocycles. The quantitative estimate of drug-likeness (QED) is 0.242. The minimum atomic E-state index is -1.02. The van der Waals surface area contributed by atoms with Crippen LogP contribution in [0.1, 0.15) is 101 Å². The van der Waals surface area contributed by atoms with Gasteiger partial charge in [-0.05, 0) is 12.5 Å². The zero-order chi connectivity index (χ0) is 20.5. The number of rotatable bonds is 18. The molecule has 0 aliphatic carbocycles. The van der Waals surface area contributed by atoms with Gasteiger partial charge in [-0.1, -0.05) is 77.6 Å². The van der Waals surface area contributed by atoms with Gasteiger partial charge in [-0.2, -0.15) is 0 Å². The number of hydrogen-bond donors (Lipinski definition) is 1. The number of hydrogen-bond acceptors (Lipinski definition) is 5. The highest BCUT2D eigenvalue weighted by Crippen LogP contribution is 2.18. The minimum Gasteiger partial charge on any atom is -0.481 e. The molecule has 0 radical (unpaired) electrons. The largest absolute Gasteiger partial charge is 0.481 e. The molecule has 160 valence electrons. The van der Waals surface area contributed by atoms with Crippen molar-refractivity contribution in [2.75, 3.05) is 13.2 Å². The fraction of sp³-hybridized carbons (Fsp3) is 0.727. The molecule has 0 fully saturated rings. The van der Waals surface area contributed by atoms with Gasteiger partial charge in [0.05, 0.1) is 13.0 Å². The van der Waals surface area contributed by atoms with Crippen LogP contribution in [0.3, 0.4) is 0 Å². The Morgan fingerprint density at radius 1 is 0.857 bits per heavy atom. The maximum Gasteiger partial charge on any atom is 0.374 e. The second kappa shape index (κ2) is 16.0. The summed E-state index contributed by atoms with van der Waals surface area (Å²) >= 11 is 0. The molecule has 28 heavy (non-hydrogen) atoms. The Bertz CT molecular complexity index is 537. The van der Waals surface area contributed by atoms with E-state index in [9.17, 15) is 9.59 Å². The zero-order valence-corrected chi connectivity index (χ0v) is 17.2. The van der Waals surface area contributed by atoms with Crippen LogP contribution < -0.4 is 4.74 Å². The maximum atomic E-state index is 11.7. The van der Waals surface area contributed by atoms with Crippen LogP contribution in [0.2, 0.25) is 0 Å². The van der Waals surface area contributed by atoms with Crippen LogP contribution in [0.25, 0.3) is 0 Å². The van der Waals surface area contributed by atoms with Gasteiger partial charge in [0.25, 0.3) is 5.95 Å². The fourth-order valence-electron chi connectivity index (χ4n) is 2.93. The van der Waals surface area contributed by atoms with Crippen molar-refractivity contribution in [3.63, 3.8) is 0 Å². The average molecular weight is 397 g/mol. The molecule has 0 bridgehead atoms. The van der Waals surface area contributed by atoms with E-state index in [2.05, 4.69) is 6.92 Å². The van der Waals surface area contributed by atoms with Crippen LogP contribution in [0.5, 0.6) is 5.95 Å². The van der Waals surface area contributed by atoms with Gasteiger partial charge in [0.1, 0.15) is 6.61 Å². The Balaban J connectivity index is 1.96.